The van der Waals surface area contributed by atoms with E-state index in [4.69, 9.17) is 0 Å². The van der Waals surface area contributed by atoms with Gasteiger partial charge in [-0.15, -0.1) is 11.3 Å². The van der Waals surface area contributed by atoms with Crippen LogP contribution in [0.1, 0.15) is 36.0 Å². The minimum atomic E-state index is -0.306. The fraction of sp³-hybridized carbons (Fsp3) is 0.571. The van der Waals surface area contributed by atoms with E-state index in [1.54, 1.807) is 4.90 Å². The van der Waals surface area contributed by atoms with E-state index in [1.807, 2.05) is 47.2 Å². The van der Waals surface area contributed by atoms with Gasteiger partial charge in [-0.25, -0.2) is 0 Å². The maximum Gasteiger partial charge on any atom is 0.263 e. The van der Waals surface area contributed by atoms with Crippen molar-refractivity contribution in [2.75, 3.05) is 26.0 Å². The first-order chi connectivity index (χ1) is 9.10. The second kappa shape index (κ2) is 6.37. The summed E-state index contributed by atoms with van der Waals surface area (Å²) < 4.78 is 0. The second-order valence-corrected chi connectivity index (χ2v) is 6.99. The van der Waals surface area contributed by atoms with Crippen molar-refractivity contribution >= 4 is 28.8 Å². The van der Waals surface area contributed by atoms with Gasteiger partial charge in [-0.3, -0.25) is 9.59 Å². The molecule has 0 fully saturated rings. The van der Waals surface area contributed by atoms with E-state index < -0.39 is 0 Å². The number of rotatable bonds is 4. The van der Waals surface area contributed by atoms with Crippen molar-refractivity contribution in [1.82, 2.24) is 10.2 Å². The largest absolute Gasteiger partial charge is 0.347 e. The minimum Gasteiger partial charge on any atom is -0.347 e. The van der Waals surface area contributed by atoms with Gasteiger partial charge in [-0.05, 0) is 52.7 Å². The summed E-state index contributed by atoms with van der Waals surface area (Å²) in [5.41, 5.74) is 1.21. The molecule has 6 heteroatoms. The van der Waals surface area contributed by atoms with E-state index in [0.717, 1.165) is 5.56 Å². The van der Waals surface area contributed by atoms with E-state index in [9.17, 15) is 9.59 Å². The number of aryl methyl sites for hydroxylation is 1. The molecule has 20 heavy (non-hydrogen) atoms. The number of carbonyl (C=O) groups excluding carboxylic acids is 2. The summed E-state index contributed by atoms with van der Waals surface area (Å²) in [6, 6.07) is 0. The molecule has 1 heterocycles. The highest BCUT2D eigenvalue weighted by Gasteiger charge is 2.21. The topological polar surface area (TPSA) is 61.4 Å². The van der Waals surface area contributed by atoms with Crippen LogP contribution in [0.5, 0.6) is 0 Å². The summed E-state index contributed by atoms with van der Waals surface area (Å²) in [6.45, 7) is 7.95. The fourth-order valence-corrected chi connectivity index (χ4v) is 2.53. The molecule has 0 atom stereocenters. The highest BCUT2D eigenvalue weighted by molar-refractivity contribution is 7.13. The van der Waals surface area contributed by atoms with Crippen molar-refractivity contribution < 1.29 is 9.59 Å². The standard InChI is InChI=1S/C14H23N3O2S/c1-9-8-20-12(13(19)16-14(2,3)4)11(9)15-10(18)7-17(5)6/h8H,7H2,1-6H3,(H,15,18)(H,16,19). The highest BCUT2D eigenvalue weighted by atomic mass is 32.1. The first-order valence-electron chi connectivity index (χ1n) is 6.45. The molecule has 0 unspecified atom stereocenters. The van der Waals surface area contributed by atoms with Crippen LogP contribution in [0.4, 0.5) is 5.69 Å². The minimum absolute atomic E-state index is 0.124. The first-order valence-corrected chi connectivity index (χ1v) is 7.33. The predicted octanol–water partition coefficient (Wildman–Crippen LogP) is 2.08. The quantitative estimate of drug-likeness (QED) is 0.894. The average Bonchev–Trinajstić information content (AvgIpc) is 2.56. The molecule has 1 aromatic rings. The Balaban J connectivity index is 2.90. The molecule has 0 aromatic carbocycles. The maximum atomic E-state index is 12.2. The molecule has 2 N–H and O–H groups in total. The Kier molecular flexibility index (Phi) is 5.30. The lowest BCUT2D eigenvalue weighted by Crippen LogP contribution is -2.40. The third-order valence-electron chi connectivity index (χ3n) is 2.39. The molecule has 0 aliphatic carbocycles. The van der Waals surface area contributed by atoms with Crippen molar-refractivity contribution in [3.8, 4) is 0 Å². The van der Waals surface area contributed by atoms with Gasteiger partial charge in [0.25, 0.3) is 5.91 Å². The number of carbonyl (C=O) groups is 2. The lowest BCUT2D eigenvalue weighted by molar-refractivity contribution is -0.116. The van der Waals surface area contributed by atoms with Crippen LogP contribution < -0.4 is 10.6 Å². The number of likely N-dealkylation sites (N-methyl/N-ethyl adjacent to an activating group) is 1. The van der Waals surface area contributed by atoms with Crippen LogP contribution in [0, 0.1) is 6.92 Å². The Morgan fingerprint density at radius 2 is 1.90 bits per heavy atom. The number of anilines is 1. The van der Waals surface area contributed by atoms with Gasteiger partial charge in [0.05, 0.1) is 12.2 Å². The van der Waals surface area contributed by atoms with Crippen molar-refractivity contribution in [3.05, 3.63) is 15.8 Å². The van der Waals surface area contributed by atoms with Crippen molar-refractivity contribution in [1.29, 1.82) is 0 Å². The Morgan fingerprint density at radius 3 is 2.40 bits per heavy atom. The monoisotopic (exact) mass is 297 g/mol. The van der Waals surface area contributed by atoms with Gasteiger partial charge < -0.3 is 15.5 Å². The second-order valence-electron chi connectivity index (χ2n) is 6.11. The van der Waals surface area contributed by atoms with E-state index in [1.165, 1.54) is 11.3 Å². The maximum absolute atomic E-state index is 12.2. The Labute approximate surface area is 124 Å². The Bertz CT molecular complexity index is 501. The van der Waals surface area contributed by atoms with Gasteiger partial charge in [0.2, 0.25) is 5.91 Å². The van der Waals surface area contributed by atoms with Gasteiger partial charge in [0.15, 0.2) is 0 Å². The van der Waals surface area contributed by atoms with Gasteiger partial charge in [-0.1, -0.05) is 0 Å². The van der Waals surface area contributed by atoms with Crippen molar-refractivity contribution in [3.63, 3.8) is 0 Å². The van der Waals surface area contributed by atoms with Crippen molar-refractivity contribution in [2.45, 2.75) is 33.2 Å². The van der Waals surface area contributed by atoms with Crippen LogP contribution in [0.15, 0.2) is 5.38 Å². The fourth-order valence-electron chi connectivity index (χ4n) is 1.63. The number of thiophene rings is 1. The van der Waals surface area contributed by atoms with Gasteiger partial charge >= 0.3 is 0 Å². The molecule has 0 radical (unpaired) electrons. The first kappa shape index (κ1) is 16.7. The SMILES string of the molecule is Cc1csc(C(=O)NC(C)(C)C)c1NC(=O)CN(C)C. The highest BCUT2D eigenvalue weighted by Crippen LogP contribution is 2.28. The molecule has 112 valence electrons. The normalized spacial score (nSPS) is 11.6. The van der Waals surface area contributed by atoms with Crippen LogP contribution in [0.2, 0.25) is 0 Å². The van der Waals surface area contributed by atoms with E-state index in [2.05, 4.69) is 10.6 Å². The molecule has 0 saturated heterocycles. The molecule has 0 bridgehead atoms. The molecule has 2 amide bonds. The van der Waals surface area contributed by atoms with Crippen LogP contribution in [-0.4, -0.2) is 42.9 Å². The van der Waals surface area contributed by atoms with E-state index in [-0.39, 0.29) is 23.9 Å². The zero-order valence-corrected chi connectivity index (χ0v) is 13.8. The van der Waals surface area contributed by atoms with Gasteiger partial charge in [-0.2, -0.15) is 0 Å². The smallest absolute Gasteiger partial charge is 0.263 e. The summed E-state index contributed by atoms with van der Waals surface area (Å²) in [5, 5.41) is 7.62. The molecule has 0 aliphatic rings. The number of hydrogen-bond donors (Lipinski definition) is 2. The lowest BCUT2D eigenvalue weighted by atomic mass is 10.1. The zero-order valence-electron chi connectivity index (χ0n) is 13.0. The van der Waals surface area contributed by atoms with Crippen LogP contribution >= 0.6 is 11.3 Å². The summed E-state index contributed by atoms with van der Waals surface area (Å²) in [7, 11) is 3.65. The molecular formula is C14H23N3O2S. The predicted molar refractivity (Wildman–Crippen MR) is 83.5 cm³/mol. The average molecular weight is 297 g/mol. The lowest BCUT2D eigenvalue weighted by Gasteiger charge is -2.20. The summed E-state index contributed by atoms with van der Waals surface area (Å²) >= 11 is 1.35. The summed E-state index contributed by atoms with van der Waals surface area (Å²) in [6.07, 6.45) is 0. The van der Waals surface area contributed by atoms with Crippen molar-refractivity contribution in [2.24, 2.45) is 0 Å². The third-order valence-corrected chi connectivity index (χ3v) is 3.49. The molecule has 1 aromatic heterocycles. The van der Waals surface area contributed by atoms with Gasteiger partial charge in [0, 0.05) is 5.54 Å². The Hall–Kier alpha value is -1.40. The third kappa shape index (κ3) is 4.94. The molecule has 0 aliphatic heterocycles. The van der Waals surface area contributed by atoms with Crippen LogP contribution in [-0.2, 0) is 4.79 Å². The zero-order chi connectivity index (χ0) is 15.5. The molecular weight excluding hydrogens is 274 g/mol. The Morgan fingerprint density at radius 1 is 1.30 bits per heavy atom. The van der Waals surface area contributed by atoms with Gasteiger partial charge in [0.1, 0.15) is 4.88 Å². The summed E-state index contributed by atoms with van der Waals surface area (Å²) in [4.78, 5) is 26.4. The number of nitrogens with one attached hydrogen (secondary N) is 2. The number of nitrogens with zero attached hydrogens (tertiary/aromatic N) is 1. The summed E-state index contributed by atoms with van der Waals surface area (Å²) in [5.74, 6) is -0.280. The molecule has 0 saturated carbocycles. The number of amides is 2. The number of hydrogen-bond acceptors (Lipinski definition) is 4. The molecule has 5 nitrogen and oxygen atoms in total. The van der Waals surface area contributed by atoms with E-state index in [0.29, 0.717) is 10.6 Å². The van der Waals surface area contributed by atoms with E-state index >= 15 is 0 Å². The molecule has 0 spiro atoms. The van der Waals surface area contributed by atoms with Crippen LogP contribution in [0.3, 0.4) is 0 Å². The molecule has 1 rings (SSSR count). The van der Waals surface area contributed by atoms with Crippen LogP contribution in [0.25, 0.3) is 0 Å².